The van der Waals surface area contributed by atoms with Crippen molar-refractivity contribution in [2.24, 2.45) is 0 Å². The van der Waals surface area contributed by atoms with Gasteiger partial charge in [-0.1, -0.05) is 0 Å². The van der Waals surface area contributed by atoms with Crippen LogP contribution in [0.4, 0.5) is 0 Å². The third-order valence-corrected chi connectivity index (χ3v) is 1.47. The van der Waals surface area contributed by atoms with Crippen molar-refractivity contribution in [2.45, 2.75) is 26.7 Å². The summed E-state index contributed by atoms with van der Waals surface area (Å²) in [6, 6.07) is 0. The zero-order valence-corrected chi connectivity index (χ0v) is 9.69. The summed E-state index contributed by atoms with van der Waals surface area (Å²) in [7, 11) is 0. The molecular formula is C10H18O6. The molecule has 0 aliphatic rings. The number of carbonyl (C=O) groups is 2. The summed E-state index contributed by atoms with van der Waals surface area (Å²) in [6.45, 7) is 5.22. The van der Waals surface area contributed by atoms with Crippen molar-refractivity contribution in [1.82, 2.24) is 0 Å². The first-order valence-electron chi connectivity index (χ1n) is 5.26. The van der Waals surface area contributed by atoms with E-state index in [0.717, 1.165) is 0 Å². The van der Waals surface area contributed by atoms with E-state index in [2.05, 4.69) is 14.5 Å². The molecule has 94 valence electrons. The first kappa shape index (κ1) is 14.9. The van der Waals surface area contributed by atoms with Gasteiger partial charge in [-0.05, 0) is 20.3 Å². The number of hydrogen-bond acceptors (Lipinski definition) is 6. The van der Waals surface area contributed by atoms with Crippen LogP contribution in [0.25, 0.3) is 0 Å². The van der Waals surface area contributed by atoms with E-state index < -0.39 is 18.4 Å². The van der Waals surface area contributed by atoms with E-state index in [9.17, 15) is 9.59 Å². The maximum absolute atomic E-state index is 10.9. The third-order valence-electron chi connectivity index (χ3n) is 1.47. The Labute approximate surface area is 94.7 Å². The van der Waals surface area contributed by atoms with E-state index >= 15 is 0 Å². The van der Waals surface area contributed by atoms with Gasteiger partial charge >= 0.3 is 11.9 Å². The standard InChI is InChI=1S/C10H18O6/c1-3-13-6-5-7-15-16-10(12)8-9(11)14-4-2/h3-8H2,1-2H3. The third kappa shape index (κ3) is 9.42. The first-order chi connectivity index (χ1) is 7.70. The highest BCUT2D eigenvalue weighted by atomic mass is 17.2. The molecule has 0 saturated carbocycles. The van der Waals surface area contributed by atoms with Crippen molar-refractivity contribution in [3.63, 3.8) is 0 Å². The van der Waals surface area contributed by atoms with Crippen LogP contribution >= 0.6 is 0 Å². The predicted octanol–water partition coefficient (Wildman–Crippen LogP) is 0.841. The summed E-state index contributed by atoms with van der Waals surface area (Å²) in [5, 5.41) is 0. The number of ether oxygens (including phenoxy) is 2. The highest BCUT2D eigenvalue weighted by Crippen LogP contribution is 1.93. The average molecular weight is 234 g/mol. The molecule has 0 aromatic rings. The topological polar surface area (TPSA) is 71.1 Å². The lowest BCUT2D eigenvalue weighted by Gasteiger charge is -2.03. The maximum atomic E-state index is 10.9. The second-order valence-corrected chi connectivity index (χ2v) is 2.81. The van der Waals surface area contributed by atoms with Crippen LogP contribution < -0.4 is 0 Å². The molecule has 0 spiro atoms. The van der Waals surface area contributed by atoms with Gasteiger partial charge in [0.15, 0.2) is 0 Å². The Morgan fingerprint density at radius 3 is 2.38 bits per heavy atom. The summed E-state index contributed by atoms with van der Waals surface area (Å²) in [4.78, 5) is 30.7. The van der Waals surface area contributed by atoms with Gasteiger partial charge in [0.25, 0.3) is 0 Å². The van der Waals surface area contributed by atoms with E-state index in [1.54, 1.807) is 6.92 Å². The Hall–Kier alpha value is -1.14. The fourth-order valence-electron chi connectivity index (χ4n) is 0.831. The minimum absolute atomic E-state index is 0.237. The molecule has 0 atom stereocenters. The molecule has 0 unspecified atom stereocenters. The molecule has 0 aliphatic heterocycles. The maximum Gasteiger partial charge on any atom is 0.353 e. The Bertz CT molecular complexity index is 203. The van der Waals surface area contributed by atoms with Gasteiger partial charge in [-0.2, -0.15) is 4.89 Å². The molecule has 16 heavy (non-hydrogen) atoms. The van der Waals surface area contributed by atoms with Gasteiger partial charge in [-0.3, -0.25) is 9.68 Å². The van der Waals surface area contributed by atoms with Crippen molar-refractivity contribution in [3.8, 4) is 0 Å². The summed E-state index contributed by atoms with van der Waals surface area (Å²) in [6.07, 6.45) is 0.194. The van der Waals surface area contributed by atoms with Gasteiger partial charge in [-0.25, -0.2) is 4.79 Å². The Balaban J connectivity index is 3.33. The molecule has 0 fully saturated rings. The van der Waals surface area contributed by atoms with E-state index in [1.165, 1.54) is 0 Å². The molecule has 0 saturated heterocycles. The van der Waals surface area contributed by atoms with Crippen LogP contribution in [0.3, 0.4) is 0 Å². The molecular weight excluding hydrogens is 216 g/mol. The quantitative estimate of drug-likeness (QED) is 0.193. The molecule has 0 aliphatic carbocycles. The van der Waals surface area contributed by atoms with Crippen molar-refractivity contribution >= 4 is 11.9 Å². The van der Waals surface area contributed by atoms with Crippen molar-refractivity contribution < 1.29 is 28.8 Å². The molecule has 6 heteroatoms. The van der Waals surface area contributed by atoms with Crippen LogP contribution in [0, 0.1) is 0 Å². The minimum atomic E-state index is -0.755. The van der Waals surface area contributed by atoms with Crippen molar-refractivity contribution in [3.05, 3.63) is 0 Å². The largest absolute Gasteiger partial charge is 0.466 e. The average Bonchev–Trinajstić information content (AvgIpc) is 2.23. The molecule has 0 rings (SSSR count). The first-order valence-corrected chi connectivity index (χ1v) is 5.26. The van der Waals surface area contributed by atoms with E-state index in [0.29, 0.717) is 19.6 Å². The van der Waals surface area contributed by atoms with E-state index in [1.807, 2.05) is 6.92 Å². The molecule has 0 aromatic heterocycles. The molecule has 0 amide bonds. The van der Waals surface area contributed by atoms with Crippen LogP contribution in [0.5, 0.6) is 0 Å². The lowest BCUT2D eigenvalue weighted by molar-refractivity contribution is -0.273. The van der Waals surface area contributed by atoms with Crippen molar-refractivity contribution in [1.29, 1.82) is 0 Å². The normalized spacial score (nSPS) is 9.88. The molecule has 0 N–H and O–H groups in total. The van der Waals surface area contributed by atoms with Gasteiger partial charge in [-0.15, -0.1) is 0 Å². The van der Waals surface area contributed by atoms with Crippen LogP contribution in [-0.4, -0.2) is 38.4 Å². The lowest BCUT2D eigenvalue weighted by Crippen LogP contribution is -2.14. The fraction of sp³-hybridized carbons (Fsp3) is 0.800. The second-order valence-electron chi connectivity index (χ2n) is 2.81. The van der Waals surface area contributed by atoms with Crippen LogP contribution in [0.1, 0.15) is 26.7 Å². The van der Waals surface area contributed by atoms with Crippen LogP contribution in [0.2, 0.25) is 0 Å². The monoisotopic (exact) mass is 234 g/mol. The summed E-state index contributed by atoms with van der Waals surface area (Å²) < 4.78 is 9.60. The number of carbonyl (C=O) groups excluding carboxylic acids is 2. The zero-order chi connectivity index (χ0) is 12.2. The molecule has 0 heterocycles. The predicted molar refractivity (Wildman–Crippen MR) is 54.4 cm³/mol. The Kier molecular flexibility index (Phi) is 9.64. The fourth-order valence-corrected chi connectivity index (χ4v) is 0.831. The summed E-state index contributed by atoms with van der Waals surface area (Å²) in [5.41, 5.74) is 0. The smallest absolute Gasteiger partial charge is 0.353 e. The van der Waals surface area contributed by atoms with Gasteiger partial charge < -0.3 is 9.47 Å². The van der Waals surface area contributed by atoms with Gasteiger partial charge in [0.2, 0.25) is 0 Å². The van der Waals surface area contributed by atoms with E-state index in [4.69, 9.17) is 4.74 Å². The Morgan fingerprint density at radius 2 is 1.75 bits per heavy atom. The number of esters is 1. The lowest BCUT2D eigenvalue weighted by atomic mass is 10.4. The molecule has 0 aromatic carbocycles. The summed E-state index contributed by atoms with van der Waals surface area (Å²) >= 11 is 0. The molecule has 0 radical (unpaired) electrons. The SMILES string of the molecule is CCOCCCOOC(=O)CC(=O)OCC. The highest BCUT2D eigenvalue weighted by Gasteiger charge is 2.12. The Morgan fingerprint density at radius 1 is 1.00 bits per heavy atom. The molecule has 0 bridgehead atoms. The number of rotatable bonds is 9. The molecule has 6 nitrogen and oxygen atoms in total. The van der Waals surface area contributed by atoms with Gasteiger partial charge in [0.1, 0.15) is 6.42 Å². The van der Waals surface area contributed by atoms with Crippen molar-refractivity contribution in [2.75, 3.05) is 26.4 Å². The summed E-state index contributed by atoms with van der Waals surface area (Å²) in [5.74, 6) is -1.37. The zero-order valence-electron chi connectivity index (χ0n) is 9.69. The van der Waals surface area contributed by atoms with E-state index in [-0.39, 0.29) is 13.2 Å². The van der Waals surface area contributed by atoms with Crippen LogP contribution in [-0.2, 0) is 28.8 Å². The second kappa shape index (κ2) is 10.4. The highest BCUT2D eigenvalue weighted by molar-refractivity contribution is 5.90. The number of hydrogen-bond donors (Lipinski definition) is 0. The van der Waals surface area contributed by atoms with Gasteiger partial charge in [0, 0.05) is 13.2 Å². The van der Waals surface area contributed by atoms with Gasteiger partial charge in [0.05, 0.1) is 13.2 Å². The van der Waals surface area contributed by atoms with Crippen LogP contribution in [0.15, 0.2) is 0 Å². The minimum Gasteiger partial charge on any atom is -0.466 e.